The minimum absolute atomic E-state index is 0.00240. The molecule has 0 aromatic carbocycles. The van der Waals surface area contributed by atoms with Gasteiger partial charge in [-0.1, -0.05) is 34.9 Å². The molecule has 1 unspecified atom stereocenters. The third-order valence-corrected chi connectivity index (χ3v) is 10.3. The minimum atomic E-state index is -1.11. The van der Waals surface area contributed by atoms with Gasteiger partial charge in [-0.3, -0.25) is 19.2 Å². The maximum atomic E-state index is 13.3. The van der Waals surface area contributed by atoms with Crippen LogP contribution >= 0.6 is 21.6 Å². The molecule has 1 saturated heterocycles. The molecule has 1 atom stereocenters. The molecule has 0 spiro atoms. The number of hydrogen-bond donors (Lipinski definition) is 4. The molecule has 14 nitrogen and oxygen atoms in total. The maximum Gasteiger partial charge on any atom is 0.222 e. The van der Waals surface area contributed by atoms with E-state index in [1.807, 2.05) is 42.4 Å². The molecule has 0 saturated carbocycles. The molecule has 0 aromatic heterocycles. The van der Waals surface area contributed by atoms with Gasteiger partial charge in [0.2, 0.25) is 23.6 Å². The van der Waals surface area contributed by atoms with E-state index in [4.69, 9.17) is 28.4 Å². The molecule has 1 heterocycles. The highest BCUT2D eigenvalue weighted by Gasteiger charge is 2.34. The van der Waals surface area contributed by atoms with Crippen molar-refractivity contribution in [3.8, 4) is 0 Å². The van der Waals surface area contributed by atoms with Gasteiger partial charge in [0.25, 0.3) is 0 Å². The van der Waals surface area contributed by atoms with Gasteiger partial charge in [-0.25, -0.2) is 0 Å². The molecule has 0 radical (unpaired) electrons. The maximum absolute atomic E-state index is 13.3. The fourth-order valence-corrected chi connectivity index (χ4v) is 7.73. The molecular weight excluding hydrogens is 689 g/mol. The van der Waals surface area contributed by atoms with Crippen LogP contribution in [0.2, 0.25) is 0 Å². The van der Waals surface area contributed by atoms with Gasteiger partial charge in [-0.05, 0) is 39.5 Å². The van der Waals surface area contributed by atoms with Crippen molar-refractivity contribution in [2.75, 3.05) is 105 Å². The van der Waals surface area contributed by atoms with E-state index >= 15 is 0 Å². The molecule has 16 heteroatoms. The summed E-state index contributed by atoms with van der Waals surface area (Å²) in [4.78, 5) is 50.2. The van der Waals surface area contributed by atoms with Gasteiger partial charge in [-0.2, -0.15) is 0 Å². The third kappa shape index (κ3) is 26.2. The van der Waals surface area contributed by atoms with Crippen LogP contribution in [0.15, 0.2) is 0 Å². The van der Waals surface area contributed by atoms with Gasteiger partial charge in [-0.15, -0.1) is 0 Å². The predicted molar refractivity (Wildman–Crippen MR) is 197 cm³/mol. The first-order valence-corrected chi connectivity index (χ1v) is 20.6. The monoisotopic (exact) mass is 752 g/mol. The highest BCUT2D eigenvalue weighted by atomic mass is 33.1. The van der Waals surface area contributed by atoms with Crippen LogP contribution in [0.5, 0.6) is 0 Å². The van der Waals surface area contributed by atoms with Crippen molar-refractivity contribution in [3.63, 3.8) is 0 Å². The lowest BCUT2D eigenvalue weighted by atomic mass is 10.0. The molecule has 1 fully saturated rings. The van der Waals surface area contributed by atoms with Gasteiger partial charge >= 0.3 is 0 Å². The van der Waals surface area contributed by atoms with Crippen molar-refractivity contribution in [2.45, 2.75) is 89.3 Å². The van der Waals surface area contributed by atoms with Crippen molar-refractivity contribution in [2.24, 2.45) is 0 Å². The SMILES string of the molecule is CCCOCCNC(=O)CCOCC(COCCC(=O)NCCOCC)(COCCC(=O)NCCOCC)NC(=O)CCCCC1CCSS1. The van der Waals surface area contributed by atoms with E-state index in [-0.39, 0.29) is 82.5 Å². The molecule has 4 amide bonds. The van der Waals surface area contributed by atoms with Crippen molar-refractivity contribution in [3.05, 3.63) is 0 Å². The topological polar surface area (TPSA) is 172 Å². The number of rotatable bonds is 34. The van der Waals surface area contributed by atoms with E-state index in [9.17, 15) is 19.2 Å². The number of nitrogens with one attached hydrogen (secondary N) is 4. The molecule has 1 aliphatic rings. The second-order valence-electron chi connectivity index (χ2n) is 11.9. The van der Waals surface area contributed by atoms with E-state index in [1.54, 1.807) is 0 Å². The predicted octanol–water partition coefficient (Wildman–Crippen LogP) is 2.62. The van der Waals surface area contributed by atoms with E-state index in [1.165, 1.54) is 12.2 Å². The number of amides is 4. The largest absolute Gasteiger partial charge is 0.380 e. The Bertz CT molecular complexity index is 868. The van der Waals surface area contributed by atoms with Crippen molar-refractivity contribution in [1.82, 2.24) is 21.3 Å². The van der Waals surface area contributed by atoms with Gasteiger partial charge < -0.3 is 49.7 Å². The second kappa shape index (κ2) is 32.0. The molecule has 4 N–H and O–H groups in total. The standard InChI is InChI=1S/C34H64N4O10S2/c1-4-18-45-24-17-37-32(41)13-21-48-28-34(26-46-19-11-30(39)35-15-22-43-5-2,27-47-20-12-31(40)36-16-23-44-6-3)38-33(42)10-8-7-9-29-14-25-49-50-29/h29H,4-28H2,1-3H3,(H,35,39)(H,36,40)(H,37,41)(H,38,42). The number of carbonyl (C=O) groups excluding carboxylic acids is 4. The van der Waals surface area contributed by atoms with Crippen LogP contribution in [0.3, 0.4) is 0 Å². The summed E-state index contributed by atoms with van der Waals surface area (Å²) in [6.07, 6.45) is 5.61. The lowest BCUT2D eigenvalue weighted by Crippen LogP contribution is -2.58. The lowest BCUT2D eigenvalue weighted by molar-refractivity contribution is -0.130. The Morgan fingerprint density at radius 1 is 0.600 bits per heavy atom. The van der Waals surface area contributed by atoms with Gasteiger partial charge in [0.15, 0.2) is 0 Å². The Kier molecular flexibility index (Phi) is 29.7. The quantitative estimate of drug-likeness (QED) is 0.0561. The fraction of sp³-hybridized carbons (Fsp3) is 0.882. The highest BCUT2D eigenvalue weighted by Crippen LogP contribution is 2.39. The summed E-state index contributed by atoms with van der Waals surface area (Å²) >= 11 is 0. The van der Waals surface area contributed by atoms with E-state index in [2.05, 4.69) is 21.3 Å². The summed E-state index contributed by atoms with van der Waals surface area (Å²) in [5.41, 5.74) is -1.11. The second-order valence-corrected chi connectivity index (χ2v) is 14.7. The van der Waals surface area contributed by atoms with Crippen LogP contribution < -0.4 is 21.3 Å². The zero-order valence-corrected chi connectivity index (χ0v) is 32.3. The lowest BCUT2D eigenvalue weighted by Gasteiger charge is -2.34. The Labute approximate surface area is 307 Å². The van der Waals surface area contributed by atoms with Crippen LogP contribution in [0.25, 0.3) is 0 Å². The molecule has 50 heavy (non-hydrogen) atoms. The summed E-state index contributed by atoms with van der Waals surface area (Å²) in [6.45, 7) is 10.5. The molecule has 0 bridgehead atoms. The zero-order chi connectivity index (χ0) is 36.5. The molecule has 0 aromatic rings. The summed E-state index contributed by atoms with van der Waals surface area (Å²) in [7, 11) is 3.84. The van der Waals surface area contributed by atoms with Crippen molar-refractivity contribution in [1.29, 1.82) is 0 Å². The molecule has 292 valence electrons. The number of unbranched alkanes of at least 4 members (excludes halogenated alkanes) is 1. The van der Waals surface area contributed by atoms with Crippen LogP contribution in [0.4, 0.5) is 0 Å². The van der Waals surface area contributed by atoms with Gasteiger partial charge in [0.05, 0.1) is 59.5 Å². The summed E-state index contributed by atoms with van der Waals surface area (Å²) in [6, 6.07) is 0. The molecule has 1 rings (SSSR count). The fourth-order valence-electron chi connectivity index (χ4n) is 4.70. The smallest absolute Gasteiger partial charge is 0.222 e. The average molecular weight is 753 g/mol. The highest BCUT2D eigenvalue weighted by molar-refractivity contribution is 8.77. The first-order chi connectivity index (χ1) is 24.3. The average Bonchev–Trinajstić information content (AvgIpc) is 3.63. The van der Waals surface area contributed by atoms with Crippen LogP contribution in [0, 0.1) is 0 Å². The number of hydrogen-bond acceptors (Lipinski definition) is 12. The van der Waals surface area contributed by atoms with Crippen LogP contribution in [0.1, 0.15) is 78.6 Å². The molecule has 1 aliphatic heterocycles. The summed E-state index contributed by atoms with van der Waals surface area (Å²) in [5, 5.41) is 12.1. The Morgan fingerprint density at radius 2 is 1.10 bits per heavy atom. The van der Waals surface area contributed by atoms with Gasteiger partial charge in [0, 0.05) is 76.1 Å². The van der Waals surface area contributed by atoms with E-state index < -0.39 is 5.54 Å². The van der Waals surface area contributed by atoms with Crippen molar-refractivity contribution >= 4 is 45.2 Å². The molecular formula is C34H64N4O10S2. The third-order valence-electron chi connectivity index (χ3n) is 7.33. The first kappa shape index (κ1) is 46.4. The zero-order valence-electron chi connectivity index (χ0n) is 30.7. The Hall–Kier alpha value is -1.66. The van der Waals surface area contributed by atoms with Crippen molar-refractivity contribution < 1.29 is 47.6 Å². The molecule has 0 aliphatic carbocycles. The summed E-state index contributed by atoms with van der Waals surface area (Å²) in [5.74, 6) is 0.495. The Balaban J connectivity index is 2.82. The minimum Gasteiger partial charge on any atom is -0.380 e. The normalized spacial score (nSPS) is 14.4. The van der Waals surface area contributed by atoms with Crippen LogP contribution in [-0.4, -0.2) is 139 Å². The number of carbonyl (C=O) groups is 4. The van der Waals surface area contributed by atoms with Crippen LogP contribution in [-0.2, 0) is 47.6 Å². The van der Waals surface area contributed by atoms with E-state index in [0.717, 1.165) is 25.7 Å². The number of ether oxygens (including phenoxy) is 6. The first-order valence-electron chi connectivity index (χ1n) is 18.2. The van der Waals surface area contributed by atoms with Gasteiger partial charge in [0.1, 0.15) is 5.54 Å². The summed E-state index contributed by atoms with van der Waals surface area (Å²) < 4.78 is 33.8. The van der Waals surface area contributed by atoms with E-state index in [0.29, 0.717) is 70.9 Å². The Morgan fingerprint density at radius 3 is 1.54 bits per heavy atom.